The van der Waals surface area contributed by atoms with Gasteiger partial charge in [-0.3, -0.25) is 4.21 Å². The Morgan fingerprint density at radius 3 is 2.53 bits per heavy atom. The van der Waals surface area contributed by atoms with E-state index in [-0.39, 0.29) is 5.25 Å². The molecule has 0 bridgehead atoms. The fourth-order valence-corrected chi connectivity index (χ4v) is 2.68. The van der Waals surface area contributed by atoms with E-state index < -0.39 is 16.8 Å². The van der Waals surface area contributed by atoms with Gasteiger partial charge in [0.1, 0.15) is 0 Å². The highest BCUT2D eigenvalue weighted by Crippen LogP contribution is 2.16. The number of esters is 1. The molecule has 17 heavy (non-hydrogen) atoms. The Morgan fingerprint density at radius 1 is 1.41 bits per heavy atom. The van der Waals surface area contributed by atoms with E-state index in [0.29, 0.717) is 12.0 Å². The molecule has 0 spiro atoms. The summed E-state index contributed by atoms with van der Waals surface area (Å²) in [5, 5.41) is -0.163. The third-order valence-corrected chi connectivity index (χ3v) is 3.98. The first-order valence-electron chi connectivity index (χ1n) is 5.28. The second kappa shape index (κ2) is 6.35. The van der Waals surface area contributed by atoms with Gasteiger partial charge in [0.2, 0.25) is 0 Å². The molecule has 4 heteroatoms. The maximum atomic E-state index is 12.1. The molecule has 1 aromatic carbocycles. The van der Waals surface area contributed by atoms with Gasteiger partial charge in [-0.05, 0) is 18.6 Å². The summed E-state index contributed by atoms with van der Waals surface area (Å²) in [5.74, 6) is -0.443. The lowest BCUT2D eigenvalue weighted by Crippen LogP contribution is -2.15. The number of carbonyl (C=O) groups is 1. The summed E-state index contributed by atoms with van der Waals surface area (Å²) in [6.07, 6.45) is 0.369. The molecule has 1 aromatic rings. The third-order valence-electron chi connectivity index (χ3n) is 2.35. The van der Waals surface area contributed by atoms with E-state index in [4.69, 9.17) is 0 Å². The molecule has 0 heterocycles. The first kappa shape index (κ1) is 13.6. The highest BCUT2D eigenvalue weighted by atomic mass is 32.2. The van der Waals surface area contributed by atoms with E-state index in [9.17, 15) is 9.00 Å². The van der Waals surface area contributed by atoms with E-state index in [1.807, 2.05) is 37.3 Å². The fraction of sp³-hybridized carbons (Fsp3) is 0.308. The molecule has 2 atom stereocenters. The Balaban J connectivity index is 2.66. The van der Waals surface area contributed by atoms with Crippen LogP contribution in [0, 0.1) is 0 Å². The van der Waals surface area contributed by atoms with Gasteiger partial charge in [0.05, 0.1) is 17.9 Å². The van der Waals surface area contributed by atoms with Crippen molar-refractivity contribution in [3.8, 4) is 0 Å². The highest BCUT2D eigenvalue weighted by Gasteiger charge is 2.17. The van der Waals surface area contributed by atoms with Gasteiger partial charge in [-0.1, -0.05) is 31.7 Å². The summed E-state index contributed by atoms with van der Waals surface area (Å²) in [7, 11) is 0.176. The number of carbonyl (C=O) groups excluding carboxylic acids is 1. The maximum absolute atomic E-state index is 12.1. The minimum Gasteiger partial charge on any atom is -0.466 e. The van der Waals surface area contributed by atoms with Crippen LogP contribution in [-0.2, 0) is 20.3 Å². The SMILES string of the molecule is C=C(C[C@@H](C)S(=O)c1ccccc1)C(=O)OC. The van der Waals surface area contributed by atoms with E-state index in [0.717, 1.165) is 4.90 Å². The van der Waals surface area contributed by atoms with E-state index in [2.05, 4.69) is 11.3 Å². The Kier molecular flexibility index (Phi) is 5.10. The largest absolute Gasteiger partial charge is 0.466 e. The summed E-state index contributed by atoms with van der Waals surface area (Å²) < 4.78 is 16.7. The van der Waals surface area contributed by atoms with Crippen LogP contribution in [0.3, 0.4) is 0 Å². The van der Waals surface area contributed by atoms with Gasteiger partial charge in [0.25, 0.3) is 0 Å². The third kappa shape index (κ3) is 3.82. The van der Waals surface area contributed by atoms with Crippen molar-refractivity contribution in [1.82, 2.24) is 0 Å². The van der Waals surface area contributed by atoms with Crippen molar-refractivity contribution in [2.45, 2.75) is 23.5 Å². The Bertz CT molecular complexity index is 426. The molecular formula is C13H16O3S. The van der Waals surface area contributed by atoms with E-state index >= 15 is 0 Å². The van der Waals surface area contributed by atoms with Gasteiger partial charge in [-0.15, -0.1) is 0 Å². The van der Waals surface area contributed by atoms with Crippen molar-refractivity contribution >= 4 is 16.8 Å². The molecule has 0 saturated heterocycles. The standard InChI is InChI=1S/C13H16O3S/c1-10(13(14)16-3)9-11(2)17(15)12-7-5-4-6-8-12/h4-8,11H,1,9H2,2-3H3/t11-,17?/m1/s1. The summed E-state index contributed by atoms with van der Waals surface area (Å²) in [4.78, 5) is 11.9. The van der Waals surface area contributed by atoms with E-state index in [1.54, 1.807) is 0 Å². The molecule has 1 unspecified atom stereocenters. The zero-order chi connectivity index (χ0) is 12.8. The van der Waals surface area contributed by atoms with Crippen molar-refractivity contribution in [3.63, 3.8) is 0 Å². The van der Waals surface area contributed by atoms with Crippen LogP contribution in [0.4, 0.5) is 0 Å². The quantitative estimate of drug-likeness (QED) is 0.596. The van der Waals surface area contributed by atoms with Gasteiger partial charge < -0.3 is 4.74 Å². The molecule has 0 aliphatic heterocycles. The molecule has 0 aliphatic rings. The Labute approximate surface area is 104 Å². The van der Waals surface area contributed by atoms with Crippen molar-refractivity contribution < 1.29 is 13.7 Å². The van der Waals surface area contributed by atoms with Gasteiger partial charge in [0.15, 0.2) is 0 Å². The normalized spacial score (nSPS) is 13.8. The number of benzene rings is 1. The summed E-state index contributed by atoms with van der Waals surface area (Å²) in [6.45, 7) is 5.46. The van der Waals surface area contributed by atoms with Crippen molar-refractivity contribution in [1.29, 1.82) is 0 Å². The smallest absolute Gasteiger partial charge is 0.333 e. The lowest BCUT2D eigenvalue weighted by molar-refractivity contribution is -0.136. The summed E-state index contributed by atoms with van der Waals surface area (Å²) >= 11 is 0. The first-order valence-corrected chi connectivity index (χ1v) is 6.49. The second-order valence-electron chi connectivity index (χ2n) is 3.72. The molecule has 0 radical (unpaired) electrons. The first-order chi connectivity index (χ1) is 8.06. The molecule has 0 N–H and O–H groups in total. The molecule has 3 nitrogen and oxygen atoms in total. The number of ether oxygens (including phenoxy) is 1. The summed E-state index contributed by atoms with van der Waals surface area (Å²) in [6, 6.07) is 9.18. The van der Waals surface area contributed by atoms with Crippen LogP contribution in [0.2, 0.25) is 0 Å². The predicted molar refractivity (Wildman–Crippen MR) is 68.1 cm³/mol. The zero-order valence-electron chi connectivity index (χ0n) is 10.0. The Hall–Kier alpha value is -1.42. The van der Waals surface area contributed by atoms with Crippen molar-refractivity contribution in [2.24, 2.45) is 0 Å². The number of hydrogen-bond donors (Lipinski definition) is 0. The molecule has 0 aliphatic carbocycles. The monoisotopic (exact) mass is 252 g/mol. The van der Waals surface area contributed by atoms with E-state index in [1.165, 1.54) is 7.11 Å². The average molecular weight is 252 g/mol. The van der Waals surface area contributed by atoms with Gasteiger partial charge in [0, 0.05) is 15.7 Å². The average Bonchev–Trinajstić information content (AvgIpc) is 2.37. The second-order valence-corrected chi connectivity index (χ2v) is 5.59. The molecule has 0 saturated carbocycles. The maximum Gasteiger partial charge on any atom is 0.333 e. The lowest BCUT2D eigenvalue weighted by Gasteiger charge is -2.12. The number of hydrogen-bond acceptors (Lipinski definition) is 3. The minimum atomic E-state index is -1.14. The fourth-order valence-electron chi connectivity index (χ4n) is 1.44. The van der Waals surface area contributed by atoms with Crippen LogP contribution in [0.25, 0.3) is 0 Å². The zero-order valence-corrected chi connectivity index (χ0v) is 10.8. The lowest BCUT2D eigenvalue weighted by atomic mass is 10.2. The van der Waals surface area contributed by atoms with Crippen LogP contribution in [0.5, 0.6) is 0 Å². The molecule has 0 fully saturated rings. The van der Waals surface area contributed by atoms with Crippen LogP contribution in [0.1, 0.15) is 13.3 Å². The number of rotatable bonds is 5. The molecule has 1 rings (SSSR count). The van der Waals surface area contributed by atoms with Crippen LogP contribution in [0.15, 0.2) is 47.4 Å². The van der Waals surface area contributed by atoms with Crippen LogP contribution < -0.4 is 0 Å². The minimum absolute atomic E-state index is 0.163. The molecule has 0 amide bonds. The van der Waals surface area contributed by atoms with Gasteiger partial charge >= 0.3 is 5.97 Å². The molecular weight excluding hydrogens is 236 g/mol. The highest BCUT2D eigenvalue weighted by molar-refractivity contribution is 7.85. The van der Waals surface area contributed by atoms with Crippen molar-refractivity contribution in [2.75, 3.05) is 7.11 Å². The van der Waals surface area contributed by atoms with Gasteiger partial charge in [-0.2, -0.15) is 0 Å². The Morgan fingerprint density at radius 2 is 2.00 bits per heavy atom. The van der Waals surface area contributed by atoms with Crippen molar-refractivity contribution in [3.05, 3.63) is 42.5 Å². The van der Waals surface area contributed by atoms with Crippen LogP contribution >= 0.6 is 0 Å². The molecule has 92 valence electrons. The topological polar surface area (TPSA) is 43.4 Å². The summed E-state index contributed by atoms with van der Waals surface area (Å²) in [5.41, 5.74) is 0.351. The van der Waals surface area contributed by atoms with Gasteiger partial charge in [-0.25, -0.2) is 4.79 Å². The molecule has 0 aromatic heterocycles. The van der Waals surface area contributed by atoms with Crippen LogP contribution in [-0.4, -0.2) is 22.5 Å². The number of methoxy groups -OCH3 is 1. The predicted octanol–water partition coefficient (Wildman–Crippen LogP) is 2.30.